The Labute approximate surface area is 167 Å². The monoisotopic (exact) mass is 395 g/mol. The highest BCUT2D eigenvalue weighted by molar-refractivity contribution is 5.85. The van der Waals surface area contributed by atoms with E-state index in [0.717, 1.165) is 31.2 Å². The van der Waals surface area contributed by atoms with Crippen LogP contribution in [0.15, 0.2) is 30.3 Å². The van der Waals surface area contributed by atoms with Crippen LogP contribution < -0.4 is 0 Å². The number of halogens is 1. The maximum absolute atomic E-state index is 12.9. The number of unbranched alkanes of at least 4 members (excludes halogenated alkanes) is 1. The van der Waals surface area contributed by atoms with Crippen molar-refractivity contribution < 1.29 is 19.0 Å². The number of ether oxygens (including phenoxy) is 3. The molecule has 4 rings (SSSR count). The molecule has 1 aromatic carbocycles. The first-order valence-corrected chi connectivity index (χ1v) is 9.89. The zero-order valence-electron chi connectivity index (χ0n) is 16.1. The Kier molecular flexibility index (Phi) is 6.79. The SMILES string of the molecule is CCCCOC[C@@H](C(=O)O[C@@H]1C[C@@H]2[C@H]3O[C@H]3[C@H](C1)N2C)c1ccccc1.Cl. The van der Waals surface area contributed by atoms with Gasteiger partial charge in [-0.3, -0.25) is 9.69 Å². The Morgan fingerprint density at radius 1 is 1.22 bits per heavy atom. The van der Waals surface area contributed by atoms with Gasteiger partial charge in [-0.05, 0) is 19.0 Å². The van der Waals surface area contributed by atoms with Gasteiger partial charge in [0.1, 0.15) is 24.2 Å². The number of likely N-dealkylation sites (N-methyl/N-ethyl adjacent to an activating group) is 1. The fraction of sp³-hybridized carbons (Fsp3) is 0.667. The Balaban J connectivity index is 0.00000210. The van der Waals surface area contributed by atoms with Crippen molar-refractivity contribution in [3.63, 3.8) is 0 Å². The summed E-state index contributed by atoms with van der Waals surface area (Å²) >= 11 is 0. The summed E-state index contributed by atoms with van der Waals surface area (Å²) < 4.78 is 17.5. The number of hydrogen-bond donors (Lipinski definition) is 0. The predicted octanol–water partition coefficient (Wildman–Crippen LogP) is 3.16. The molecule has 0 radical (unpaired) electrons. The van der Waals surface area contributed by atoms with Gasteiger partial charge < -0.3 is 14.2 Å². The molecule has 3 aliphatic heterocycles. The van der Waals surface area contributed by atoms with Crippen LogP contribution in [-0.2, 0) is 19.0 Å². The van der Waals surface area contributed by atoms with Crippen molar-refractivity contribution in [2.24, 2.45) is 0 Å². The molecule has 1 aromatic rings. The van der Waals surface area contributed by atoms with Crippen LogP contribution in [0.2, 0.25) is 0 Å². The molecule has 0 amide bonds. The normalized spacial score (nSPS) is 32.3. The van der Waals surface area contributed by atoms with Gasteiger partial charge in [-0.1, -0.05) is 43.7 Å². The molecule has 5 nitrogen and oxygen atoms in total. The van der Waals surface area contributed by atoms with Crippen LogP contribution >= 0.6 is 12.4 Å². The molecule has 3 fully saturated rings. The maximum Gasteiger partial charge on any atom is 0.316 e. The van der Waals surface area contributed by atoms with E-state index in [0.29, 0.717) is 37.5 Å². The second kappa shape index (κ2) is 8.91. The molecule has 0 aromatic heterocycles. The second-order valence-corrected chi connectivity index (χ2v) is 7.79. The van der Waals surface area contributed by atoms with Gasteiger partial charge in [-0.15, -0.1) is 12.4 Å². The molecule has 0 aliphatic carbocycles. The lowest BCUT2D eigenvalue weighted by Crippen LogP contribution is -2.48. The number of epoxide rings is 1. The summed E-state index contributed by atoms with van der Waals surface area (Å²) in [6.45, 7) is 3.21. The van der Waals surface area contributed by atoms with Gasteiger partial charge in [-0.2, -0.15) is 0 Å². The Morgan fingerprint density at radius 3 is 2.52 bits per heavy atom. The van der Waals surface area contributed by atoms with Gasteiger partial charge >= 0.3 is 5.97 Å². The van der Waals surface area contributed by atoms with E-state index in [2.05, 4.69) is 18.9 Å². The first-order valence-electron chi connectivity index (χ1n) is 9.89. The molecular weight excluding hydrogens is 366 g/mol. The van der Waals surface area contributed by atoms with Gasteiger partial charge in [-0.25, -0.2) is 0 Å². The van der Waals surface area contributed by atoms with Crippen LogP contribution in [0.1, 0.15) is 44.1 Å². The molecule has 3 saturated heterocycles. The van der Waals surface area contributed by atoms with Gasteiger partial charge in [0, 0.05) is 31.5 Å². The molecule has 3 aliphatic rings. The molecule has 0 spiro atoms. The average molecular weight is 396 g/mol. The number of morpholine rings is 1. The molecule has 3 heterocycles. The van der Waals surface area contributed by atoms with Crippen LogP contribution in [0.4, 0.5) is 0 Å². The van der Waals surface area contributed by atoms with E-state index < -0.39 is 0 Å². The molecule has 0 saturated carbocycles. The van der Waals surface area contributed by atoms with Crippen molar-refractivity contribution >= 4 is 18.4 Å². The van der Waals surface area contributed by atoms with Crippen LogP contribution in [0.5, 0.6) is 0 Å². The fourth-order valence-electron chi connectivity index (χ4n) is 4.48. The quantitative estimate of drug-likeness (QED) is 0.384. The lowest BCUT2D eigenvalue weighted by molar-refractivity contribution is -0.157. The third-order valence-electron chi connectivity index (χ3n) is 6.07. The van der Waals surface area contributed by atoms with E-state index in [1.54, 1.807) is 0 Å². The number of fused-ring (bicyclic) bond motifs is 5. The highest BCUT2D eigenvalue weighted by Crippen LogP contribution is 2.48. The zero-order chi connectivity index (χ0) is 18.1. The number of esters is 1. The van der Waals surface area contributed by atoms with Crippen LogP contribution in [0.25, 0.3) is 0 Å². The van der Waals surface area contributed by atoms with Crippen molar-refractivity contribution in [1.82, 2.24) is 4.90 Å². The number of piperidine rings is 1. The minimum Gasteiger partial charge on any atom is -0.462 e. The fourth-order valence-corrected chi connectivity index (χ4v) is 4.48. The first-order chi connectivity index (χ1) is 12.7. The third-order valence-corrected chi connectivity index (χ3v) is 6.07. The van der Waals surface area contributed by atoms with E-state index in [1.165, 1.54) is 0 Å². The highest BCUT2D eigenvalue weighted by atomic mass is 35.5. The minimum absolute atomic E-state index is 0. The van der Waals surface area contributed by atoms with Gasteiger partial charge in [0.05, 0.1) is 6.61 Å². The largest absolute Gasteiger partial charge is 0.462 e. The van der Waals surface area contributed by atoms with E-state index in [-0.39, 0.29) is 30.4 Å². The highest BCUT2D eigenvalue weighted by Gasteiger charge is 2.62. The van der Waals surface area contributed by atoms with Crippen LogP contribution in [-0.4, -0.2) is 61.5 Å². The first kappa shape index (κ1) is 20.6. The van der Waals surface area contributed by atoms with Gasteiger partial charge in [0.15, 0.2) is 0 Å². The van der Waals surface area contributed by atoms with E-state index in [4.69, 9.17) is 14.2 Å². The summed E-state index contributed by atoms with van der Waals surface area (Å²) in [6.07, 6.45) is 4.55. The van der Waals surface area contributed by atoms with Crippen molar-refractivity contribution in [1.29, 1.82) is 0 Å². The summed E-state index contributed by atoms with van der Waals surface area (Å²) in [5.41, 5.74) is 0.969. The summed E-state index contributed by atoms with van der Waals surface area (Å²) in [6, 6.07) is 10.6. The van der Waals surface area contributed by atoms with Gasteiger partial charge in [0.2, 0.25) is 0 Å². The topological polar surface area (TPSA) is 51.3 Å². The third kappa shape index (κ3) is 4.32. The summed E-state index contributed by atoms with van der Waals surface area (Å²) in [5, 5.41) is 0. The van der Waals surface area contributed by atoms with Crippen molar-refractivity contribution in [2.45, 2.75) is 68.9 Å². The number of rotatable bonds is 8. The number of carbonyl (C=O) groups is 1. The number of hydrogen-bond acceptors (Lipinski definition) is 5. The van der Waals surface area contributed by atoms with Crippen molar-refractivity contribution in [2.75, 3.05) is 20.3 Å². The summed E-state index contributed by atoms with van der Waals surface area (Å²) in [5.74, 6) is -0.507. The van der Waals surface area contributed by atoms with E-state index in [1.807, 2.05) is 30.3 Å². The van der Waals surface area contributed by atoms with Crippen LogP contribution in [0.3, 0.4) is 0 Å². The number of nitrogens with zero attached hydrogens (tertiary/aromatic N) is 1. The van der Waals surface area contributed by atoms with Gasteiger partial charge in [0.25, 0.3) is 0 Å². The molecule has 0 unspecified atom stereocenters. The molecule has 6 heteroatoms. The van der Waals surface area contributed by atoms with Crippen LogP contribution in [0, 0.1) is 0 Å². The standard InChI is InChI=1S/C21H29NO4.ClH/c1-3-4-10-24-13-16(14-8-6-5-7-9-14)21(23)25-15-11-17-19-20(26-19)18(12-15)22(17)2;/h5-9,15-20H,3-4,10-13H2,1-2H3;1H/t15-,16-,17-,18+,19-,20+;/m1./s1. The second-order valence-electron chi connectivity index (χ2n) is 7.79. The average Bonchev–Trinajstić information content (AvgIpc) is 3.40. The van der Waals surface area contributed by atoms with Crippen molar-refractivity contribution in [3.8, 4) is 0 Å². The summed E-state index contributed by atoms with van der Waals surface area (Å²) in [4.78, 5) is 15.3. The Hall–Kier alpha value is -1.14. The molecule has 27 heavy (non-hydrogen) atoms. The predicted molar refractivity (Wildman–Crippen MR) is 105 cm³/mol. The molecule has 0 N–H and O–H groups in total. The maximum atomic E-state index is 12.9. The smallest absolute Gasteiger partial charge is 0.316 e. The molecule has 2 bridgehead atoms. The molecular formula is C21H30ClNO4. The van der Waals surface area contributed by atoms with Crippen molar-refractivity contribution in [3.05, 3.63) is 35.9 Å². The van der Waals surface area contributed by atoms with E-state index >= 15 is 0 Å². The lowest BCUT2D eigenvalue weighted by atomic mass is 9.97. The minimum atomic E-state index is -0.351. The Bertz CT molecular complexity index is 610. The Morgan fingerprint density at radius 2 is 1.89 bits per heavy atom. The zero-order valence-corrected chi connectivity index (χ0v) is 16.9. The number of benzene rings is 1. The lowest BCUT2D eigenvalue weighted by Gasteiger charge is -2.38. The summed E-state index contributed by atoms with van der Waals surface area (Å²) in [7, 11) is 2.16. The molecule has 6 atom stereocenters. The molecule has 150 valence electrons. The number of carbonyl (C=O) groups excluding carboxylic acids is 1. The van der Waals surface area contributed by atoms with E-state index in [9.17, 15) is 4.79 Å².